The van der Waals surface area contributed by atoms with Gasteiger partial charge in [0.2, 0.25) is 5.91 Å². The van der Waals surface area contributed by atoms with Crippen molar-refractivity contribution in [3.63, 3.8) is 0 Å². The molecule has 0 aromatic heterocycles. The van der Waals surface area contributed by atoms with Gasteiger partial charge in [-0.15, -0.1) is 0 Å². The number of fused-ring (bicyclic) bond motifs is 2. The highest BCUT2D eigenvalue weighted by Crippen LogP contribution is 2.35. The summed E-state index contributed by atoms with van der Waals surface area (Å²) < 4.78 is 11.0. The molecule has 0 aromatic carbocycles. The van der Waals surface area contributed by atoms with Gasteiger partial charge in [0.15, 0.2) is 0 Å². The Morgan fingerprint density at radius 1 is 1.47 bits per heavy atom. The summed E-state index contributed by atoms with van der Waals surface area (Å²) >= 11 is 0. The van der Waals surface area contributed by atoms with E-state index in [4.69, 9.17) is 15.2 Å². The third-order valence-electron chi connectivity index (χ3n) is 4.46. The number of nitrogens with two attached hydrogens (primary N) is 1. The topological polar surface area (TPSA) is 73.6 Å². The molecule has 5 unspecified atom stereocenters. The highest BCUT2D eigenvalue weighted by Gasteiger charge is 2.48. The average molecular weight is 240 g/mol. The number of nitrogens with one attached hydrogen (secondary N) is 1. The van der Waals surface area contributed by atoms with Crippen LogP contribution in [0, 0.1) is 5.41 Å². The van der Waals surface area contributed by atoms with E-state index < -0.39 is 5.41 Å². The summed E-state index contributed by atoms with van der Waals surface area (Å²) in [6.07, 6.45) is 3.71. The normalized spacial score (nSPS) is 48.6. The first-order chi connectivity index (χ1) is 8.09. The third-order valence-corrected chi connectivity index (χ3v) is 4.46. The van der Waals surface area contributed by atoms with Crippen molar-refractivity contribution in [2.45, 2.75) is 50.5 Å². The summed E-state index contributed by atoms with van der Waals surface area (Å²) in [6.45, 7) is 2.77. The van der Waals surface area contributed by atoms with E-state index in [1.54, 1.807) is 0 Å². The van der Waals surface area contributed by atoms with Gasteiger partial charge in [0.05, 0.1) is 36.9 Å². The summed E-state index contributed by atoms with van der Waals surface area (Å²) in [5, 5.41) is 3.10. The van der Waals surface area contributed by atoms with Crippen LogP contribution in [0.1, 0.15) is 26.2 Å². The van der Waals surface area contributed by atoms with Gasteiger partial charge in [0.25, 0.3) is 0 Å². The Morgan fingerprint density at radius 3 is 2.82 bits per heavy atom. The first-order valence-corrected chi connectivity index (χ1v) is 6.39. The second-order valence-corrected chi connectivity index (χ2v) is 5.73. The molecule has 2 bridgehead atoms. The van der Waals surface area contributed by atoms with Gasteiger partial charge in [-0.3, -0.25) is 4.79 Å². The molecule has 5 heteroatoms. The molecule has 0 radical (unpaired) electrons. The van der Waals surface area contributed by atoms with Gasteiger partial charge < -0.3 is 20.5 Å². The number of hydrogen-bond donors (Lipinski definition) is 2. The summed E-state index contributed by atoms with van der Waals surface area (Å²) in [5.74, 6) is 0.0173. The van der Waals surface area contributed by atoms with Crippen LogP contribution in [-0.2, 0) is 14.3 Å². The minimum absolute atomic E-state index is 0.0173. The van der Waals surface area contributed by atoms with E-state index in [1.807, 2.05) is 6.92 Å². The molecule has 3 fully saturated rings. The summed E-state index contributed by atoms with van der Waals surface area (Å²) in [6, 6.07) is -0.0344. The van der Waals surface area contributed by atoms with E-state index in [-0.39, 0.29) is 24.1 Å². The zero-order valence-electron chi connectivity index (χ0n) is 10.1. The highest BCUT2D eigenvalue weighted by atomic mass is 16.5. The number of ether oxygens (including phenoxy) is 2. The fourth-order valence-corrected chi connectivity index (χ4v) is 3.05. The molecule has 5 nitrogen and oxygen atoms in total. The minimum Gasteiger partial charge on any atom is -0.379 e. The van der Waals surface area contributed by atoms with Crippen molar-refractivity contribution >= 4 is 5.91 Å². The maximum absolute atomic E-state index is 12.3. The molecule has 3 heterocycles. The van der Waals surface area contributed by atoms with E-state index in [0.29, 0.717) is 19.3 Å². The van der Waals surface area contributed by atoms with Crippen molar-refractivity contribution in [1.82, 2.24) is 5.32 Å². The van der Waals surface area contributed by atoms with Crippen molar-refractivity contribution in [3.8, 4) is 0 Å². The third kappa shape index (κ3) is 1.77. The maximum Gasteiger partial charge on any atom is 0.230 e. The first kappa shape index (κ1) is 11.4. The van der Waals surface area contributed by atoms with E-state index in [1.165, 1.54) is 0 Å². The molecule has 3 rings (SSSR count). The standard InChI is InChI=1S/C12H20N2O3/c1-12(6-16-5-10(12)13)11(15)14-8-4-7-2-3-9(8)17-7/h7-10H,2-6,13H2,1H3,(H,14,15). The molecule has 0 aliphatic carbocycles. The fourth-order valence-electron chi connectivity index (χ4n) is 3.05. The number of amides is 1. The van der Waals surface area contributed by atoms with Crippen LogP contribution < -0.4 is 11.1 Å². The van der Waals surface area contributed by atoms with Crippen molar-refractivity contribution < 1.29 is 14.3 Å². The van der Waals surface area contributed by atoms with Crippen molar-refractivity contribution in [3.05, 3.63) is 0 Å². The average Bonchev–Trinajstić information content (AvgIpc) is 2.96. The van der Waals surface area contributed by atoms with Crippen LogP contribution >= 0.6 is 0 Å². The largest absolute Gasteiger partial charge is 0.379 e. The Balaban J connectivity index is 1.64. The number of rotatable bonds is 2. The van der Waals surface area contributed by atoms with Gasteiger partial charge in [-0.05, 0) is 26.2 Å². The monoisotopic (exact) mass is 240 g/mol. The van der Waals surface area contributed by atoms with Gasteiger partial charge in [-0.2, -0.15) is 0 Å². The molecule has 3 aliphatic rings. The molecule has 17 heavy (non-hydrogen) atoms. The quantitative estimate of drug-likeness (QED) is 0.700. The molecule has 3 aliphatic heterocycles. The lowest BCUT2D eigenvalue weighted by Crippen LogP contribution is -2.54. The molecule has 0 aromatic rings. The summed E-state index contributed by atoms with van der Waals surface area (Å²) in [7, 11) is 0. The first-order valence-electron chi connectivity index (χ1n) is 6.39. The molecule has 0 spiro atoms. The lowest BCUT2D eigenvalue weighted by molar-refractivity contribution is -0.131. The number of carbonyl (C=O) groups is 1. The molecule has 0 saturated carbocycles. The molecule has 1 amide bonds. The second-order valence-electron chi connectivity index (χ2n) is 5.73. The minimum atomic E-state index is -0.582. The molecular formula is C12H20N2O3. The Hall–Kier alpha value is -0.650. The van der Waals surface area contributed by atoms with Crippen LogP contribution in [0.25, 0.3) is 0 Å². The Kier molecular flexibility index (Phi) is 2.65. The van der Waals surface area contributed by atoms with Gasteiger partial charge in [-0.1, -0.05) is 0 Å². The van der Waals surface area contributed by atoms with E-state index >= 15 is 0 Å². The van der Waals surface area contributed by atoms with Gasteiger partial charge in [0, 0.05) is 6.04 Å². The Morgan fingerprint density at radius 2 is 2.29 bits per heavy atom. The Bertz CT molecular complexity index is 336. The lowest BCUT2D eigenvalue weighted by Gasteiger charge is -2.29. The predicted octanol–water partition coefficient (Wildman–Crippen LogP) is -0.214. The van der Waals surface area contributed by atoms with E-state index in [9.17, 15) is 4.79 Å². The molecule has 96 valence electrons. The lowest BCUT2D eigenvalue weighted by atomic mass is 9.84. The zero-order chi connectivity index (χ0) is 12.0. The van der Waals surface area contributed by atoms with E-state index in [0.717, 1.165) is 19.3 Å². The van der Waals surface area contributed by atoms with Crippen LogP contribution in [0.2, 0.25) is 0 Å². The smallest absolute Gasteiger partial charge is 0.230 e. The van der Waals surface area contributed by atoms with Gasteiger partial charge >= 0.3 is 0 Å². The maximum atomic E-state index is 12.3. The number of hydrogen-bond acceptors (Lipinski definition) is 4. The predicted molar refractivity (Wildman–Crippen MR) is 61.3 cm³/mol. The van der Waals surface area contributed by atoms with Gasteiger partial charge in [0.1, 0.15) is 0 Å². The summed E-state index contributed by atoms with van der Waals surface area (Å²) in [5.41, 5.74) is 5.37. The molecule has 3 saturated heterocycles. The van der Waals surface area contributed by atoms with Crippen LogP contribution in [0.4, 0.5) is 0 Å². The second kappa shape index (κ2) is 3.93. The van der Waals surface area contributed by atoms with E-state index in [2.05, 4.69) is 5.32 Å². The van der Waals surface area contributed by atoms with Crippen LogP contribution in [-0.4, -0.2) is 43.4 Å². The highest BCUT2D eigenvalue weighted by molar-refractivity contribution is 5.84. The van der Waals surface area contributed by atoms with Crippen LogP contribution in [0.15, 0.2) is 0 Å². The van der Waals surface area contributed by atoms with Crippen molar-refractivity contribution in [2.24, 2.45) is 11.1 Å². The molecule has 5 atom stereocenters. The van der Waals surface area contributed by atoms with Crippen molar-refractivity contribution in [2.75, 3.05) is 13.2 Å². The zero-order valence-corrected chi connectivity index (χ0v) is 10.1. The molecular weight excluding hydrogens is 220 g/mol. The molecule has 3 N–H and O–H groups in total. The summed E-state index contributed by atoms with van der Waals surface area (Å²) in [4.78, 5) is 12.3. The van der Waals surface area contributed by atoms with Crippen molar-refractivity contribution in [1.29, 1.82) is 0 Å². The van der Waals surface area contributed by atoms with Crippen LogP contribution in [0.5, 0.6) is 0 Å². The van der Waals surface area contributed by atoms with Gasteiger partial charge in [-0.25, -0.2) is 0 Å². The SMILES string of the molecule is CC1(C(=O)NC2CC3CCC2O3)COCC1N. The number of carbonyl (C=O) groups excluding carboxylic acids is 1. The van der Waals surface area contributed by atoms with Crippen LogP contribution in [0.3, 0.4) is 0 Å². The fraction of sp³-hybridized carbons (Fsp3) is 0.917. The Labute approximate surface area is 101 Å².